The number of aromatic nitrogens is 4. The van der Waals surface area contributed by atoms with E-state index in [1.807, 2.05) is 6.92 Å². The van der Waals surface area contributed by atoms with Gasteiger partial charge in [0.05, 0.1) is 30.1 Å². The number of hydrogen-bond donors (Lipinski definition) is 4. The lowest BCUT2D eigenvalue weighted by Gasteiger charge is -2.18. The monoisotopic (exact) mass is 536 g/mol. The smallest absolute Gasteiger partial charge is 0.411 e. The molecule has 4 aromatic rings. The molecule has 3 heterocycles. The molecule has 0 saturated heterocycles. The molecule has 1 unspecified atom stereocenters. The zero-order valence-electron chi connectivity index (χ0n) is 21.7. The predicted molar refractivity (Wildman–Crippen MR) is 144 cm³/mol. The summed E-state index contributed by atoms with van der Waals surface area (Å²) in [5.74, 6) is 0.299. The van der Waals surface area contributed by atoms with Crippen LogP contribution in [-0.4, -0.2) is 58.3 Å². The number of pyridine rings is 1. The lowest BCUT2D eigenvalue weighted by atomic mass is 10.1. The number of hydrogen-bond acceptors (Lipinski definition) is 10. The summed E-state index contributed by atoms with van der Waals surface area (Å²) in [5.41, 5.74) is 9.14. The Morgan fingerprint density at radius 3 is 2.72 bits per heavy atom. The first-order chi connectivity index (χ1) is 18.8. The molecular formula is C26H29FN8O4. The van der Waals surface area contributed by atoms with Crippen LogP contribution in [0.15, 0.2) is 42.7 Å². The van der Waals surface area contributed by atoms with Crippen LogP contribution in [0.3, 0.4) is 0 Å². The van der Waals surface area contributed by atoms with E-state index in [9.17, 15) is 14.0 Å². The number of amides is 1. The van der Waals surface area contributed by atoms with Crippen molar-refractivity contribution >= 4 is 35.3 Å². The molecule has 0 aliphatic heterocycles. The number of benzene rings is 1. The van der Waals surface area contributed by atoms with Crippen molar-refractivity contribution in [2.45, 2.75) is 26.5 Å². The first-order valence-electron chi connectivity index (χ1n) is 12.2. The van der Waals surface area contributed by atoms with Gasteiger partial charge in [-0.2, -0.15) is 9.61 Å². The lowest BCUT2D eigenvalue weighted by Crippen LogP contribution is -2.27. The molecule has 5 N–H and O–H groups in total. The zero-order valence-corrected chi connectivity index (χ0v) is 21.7. The number of halogens is 1. The second kappa shape index (κ2) is 12.2. The molecule has 204 valence electrons. The number of carbonyl (C=O) groups excluding carboxylic acids is 2. The van der Waals surface area contributed by atoms with Crippen LogP contribution in [0.4, 0.5) is 26.5 Å². The van der Waals surface area contributed by atoms with E-state index in [0.29, 0.717) is 41.0 Å². The Bertz CT molecular complexity index is 1480. The molecule has 12 nitrogen and oxygen atoms in total. The Labute approximate surface area is 223 Å². The number of aldehydes is 1. The molecule has 0 fully saturated rings. The minimum absolute atomic E-state index is 0.0923. The lowest BCUT2D eigenvalue weighted by molar-refractivity contribution is 0.112. The fraction of sp³-hybridized carbons (Fsp3) is 0.269. The van der Waals surface area contributed by atoms with E-state index in [0.717, 1.165) is 6.20 Å². The van der Waals surface area contributed by atoms with Gasteiger partial charge < -0.3 is 25.8 Å². The van der Waals surface area contributed by atoms with Gasteiger partial charge >= 0.3 is 6.09 Å². The van der Waals surface area contributed by atoms with Crippen LogP contribution >= 0.6 is 0 Å². The van der Waals surface area contributed by atoms with Gasteiger partial charge in [-0.25, -0.2) is 19.2 Å². The molecular weight excluding hydrogens is 507 g/mol. The summed E-state index contributed by atoms with van der Waals surface area (Å²) in [6.07, 6.45) is 2.32. The number of nitrogens with two attached hydrogens (primary N) is 1. The highest BCUT2D eigenvalue weighted by Crippen LogP contribution is 2.35. The quantitative estimate of drug-likeness (QED) is 0.209. The molecule has 4 rings (SSSR count). The summed E-state index contributed by atoms with van der Waals surface area (Å²) in [7, 11) is 1.80. The van der Waals surface area contributed by atoms with Crippen LogP contribution in [0.1, 0.15) is 29.8 Å². The average Bonchev–Trinajstić information content (AvgIpc) is 3.33. The summed E-state index contributed by atoms with van der Waals surface area (Å²) in [6.45, 7) is 4.49. The topological polar surface area (TPSA) is 158 Å². The van der Waals surface area contributed by atoms with Gasteiger partial charge in [-0.1, -0.05) is 12.1 Å². The Morgan fingerprint density at radius 1 is 1.26 bits per heavy atom. The van der Waals surface area contributed by atoms with Crippen LogP contribution in [0.25, 0.3) is 16.8 Å². The Kier molecular flexibility index (Phi) is 8.51. The van der Waals surface area contributed by atoms with E-state index < -0.39 is 11.9 Å². The number of nitrogens with one attached hydrogen (secondary N) is 3. The average molecular weight is 537 g/mol. The second-order valence-electron chi connectivity index (χ2n) is 8.55. The highest BCUT2D eigenvalue weighted by Gasteiger charge is 2.20. The number of rotatable bonds is 11. The normalized spacial score (nSPS) is 11.7. The third-order valence-corrected chi connectivity index (χ3v) is 5.67. The second-order valence-corrected chi connectivity index (χ2v) is 8.55. The van der Waals surface area contributed by atoms with Gasteiger partial charge in [0, 0.05) is 24.3 Å². The summed E-state index contributed by atoms with van der Waals surface area (Å²) < 4.78 is 26.3. The van der Waals surface area contributed by atoms with Crippen LogP contribution in [0.2, 0.25) is 0 Å². The third-order valence-electron chi connectivity index (χ3n) is 5.67. The minimum atomic E-state index is -0.570. The highest BCUT2D eigenvalue weighted by molar-refractivity contribution is 5.91. The molecule has 0 spiro atoms. The number of nitrogen functional groups attached to an aromatic ring is 1. The van der Waals surface area contributed by atoms with E-state index in [-0.39, 0.29) is 42.2 Å². The van der Waals surface area contributed by atoms with Crippen LogP contribution in [0, 0.1) is 5.82 Å². The van der Waals surface area contributed by atoms with E-state index >= 15 is 0 Å². The largest absolute Gasteiger partial charge is 0.473 e. The maximum Gasteiger partial charge on any atom is 0.411 e. The molecule has 1 aromatic carbocycles. The molecule has 13 heteroatoms. The maximum atomic E-state index is 14.1. The summed E-state index contributed by atoms with van der Waals surface area (Å²) in [6, 6.07) is 8.19. The predicted octanol–water partition coefficient (Wildman–Crippen LogP) is 3.49. The van der Waals surface area contributed by atoms with Crippen molar-refractivity contribution < 1.29 is 23.5 Å². The molecule has 1 amide bonds. The van der Waals surface area contributed by atoms with Gasteiger partial charge in [0.25, 0.3) is 0 Å². The molecule has 0 aliphatic carbocycles. The summed E-state index contributed by atoms with van der Waals surface area (Å²) >= 11 is 0. The molecule has 1 atom stereocenters. The van der Waals surface area contributed by atoms with Gasteiger partial charge in [0.2, 0.25) is 5.88 Å². The fourth-order valence-electron chi connectivity index (χ4n) is 3.93. The summed E-state index contributed by atoms with van der Waals surface area (Å²) in [4.78, 5) is 32.1. The van der Waals surface area contributed by atoms with Gasteiger partial charge in [0.1, 0.15) is 23.6 Å². The van der Waals surface area contributed by atoms with Crippen LogP contribution in [0.5, 0.6) is 5.88 Å². The van der Waals surface area contributed by atoms with Crippen molar-refractivity contribution in [3.63, 3.8) is 0 Å². The number of likely N-dealkylation sites (N-methyl/N-ethyl adjacent to an activating group) is 1. The Hall–Kier alpha value is -4.78. The number of carbonyl (C=O) groups is 2. The van der Waals surface area contributed by atoms with Gasteiger partial charge in [-0.3, -0.25) is 10.1 Å². The maximum absolute atomic E-state index is 14.1. The van der Waals surface area contributed by atoms with Crippen molar-refractivity contribution in [2.75, 3.05) is 36.6 Å². The third kappa shape index (κ3) is 6.21. The molecule has 0 radical (unpaired) electrons. The van der Waals surface area contributed by atoms with E-state index in [4.69, 9.17) is 15.2 Å². The van der Waals surface area contributed by atoms with Gasteiger partial charge in [0.15, 0.2) is 11.9 Å². The number of ether oxygens (including phenoxy) is 2. The van der Waals surface area contributed by atoms with Crippen molar-refractivity contribution in [1.29, 1.82) is 0 Å². The zero-order chi connectivity index (χ0) is 27.9. The summed E-state index contributed by atoms with van der Waals surface area (Å²) in [5, 5.41) is 13.1. The van der Waals surface area contributed by atoms with E-state index in [1.54, 1.807) is 38.2 Å². The molecule has 0 saturated carbocycles. The van der Waals surface area contributed by atoms with Crippen molar-refractivity contribution in [3.8, 4) is 17.0 Å². The van der Waals surface area contributed by atoms with Crippen LogP contribution in [-0.2, 0) is 11.3 Å². The van der Waals surface area contributed by atoms with Crippen molar-refractivity contribution in [2.24, 2.45) is 0 Å². The standard InChI is InChI=1S/C26H29FN8O4/c1-4-38-26(37)33-20-7-5-16(6-8-20)21-22(28)35-24(18(14-36)12-32-35)34-23(21)30-11-17-9-19(27)13-31-25(17)39-15(2)10-29-3/h5-9,12-15,29H,4,10-11,28H2,1-3H3,(H,30,34)(H,33,37). The Balaban J connectivity index is 1.71. The fourth-order valence-corrected chi connectivity index (χ4v) is 3.93. The van der Waals surface area contributed by atoms with Crippen molar-refractivity contribution in [3.05, 3.63) is 59.7 Å². The molecule has 3 aromatic heterocycles. The van der Waals surface area contributed by atoms with E-state index in [2.05, 4.69) is 31.0 Å². The minimum Gasteiger partial charge on any atom is -0.473 e. The van der Waals surface area contributed by atoms with Gasteiger partial charge in [-0.05, 0) is 44.7 Å². The number of fused-ring (bicyclic) bond motifs is 1. The molecule has 39 heavy (non-hydrogen) atoms. The van der Waals surface area contributed by atoms with E-state index in [1.165, 1.54) is 16.8 Å². The highest BCUT2D eigenvalue weighted by atomic mass is 19.1. The van der Waals surface area contributed by atoms with Crippen molar-refractivity contribution in [1.82, 2.24) is 24.9 Å². The first-order valence-corrected chi connectivity index (χ1v) is 12.2. The van der Waals surface area contributed by atoms with Gasteiger partial charge in [-0.15, -0.1) is 0 Å². The Morgan fingerprint density at radius 2 is 2.03 bits per heavy atom. The van der Waals surface area contributed by atoms with Crippen LogP contribution < -0.4 is 26.4 Å². The first kappa shape index (κ1) is 27.3. The SMILES string of the molecule is CCOC(=O)Nc1ccc(-c2c(NCc3cc(F)cnc3OC(C)CNC)nc3c(C=O)cnn3c2N)cc1. The molecule has 0 aliphatic rings. The number of nitrogens with zero attached hydrogens (tertiary/aromatic N) is 4. The number of anilines is 3. The molecule has 0 bridgehead atoms.